The molecule has 0 spiro atoms. The number of aromatic nitrogens is 2. The van der Waals surface area contributed by atoms with E-state index in [4.69, 9.17) is 19.7 Å². The third-order valence-electron chi connectivity index (χ3n) is 6.10. The molecule has 0 unspecified atom stereocenters. The minimum Gasteiger partial charge on any atom is -0.497 e. The van der Waals surface area contributed by atoms with E-state index in [9.17, 15) is 0 Å². The maximum Gasteiger partial charge on any atom is 0.440 e. The van der Waals surface area contributed by atoms with Gasteiger partial charge in [0.05, 0.1) is 24.0 Å². The number of ether oxygens (including phenoxy) is 2. The summed E-state index contributed by atoms with van der Waals surface area (Å²) in [6, 6.07) is 36.6. The first-order valence-corrected chi connectivity index (χ1v) is 13.6. The number of rotatable bonds is 5. The normalized spacial score (nSPS) is 12.3. The molecule has 2 aliphatic heterocycles. The number of hydrogen-bond donors (Lipinski definition) is 0. The summed E-state index contributed by atoms with van der Waals surface area (Å²) < 4.78 is 15.0. The number of nitrogens with zero attached hydrogens (tertiary/aromatic N) is 4. The summed E-state index contributed by atoms with van der Waals surface area (Å²) >= 11 is 3.21. The summed E-state index contributed by atoms with van der Waals surface area (Å²) in [4.78, 5) is 3.79. The third kappa shape index (κ3) is 4.55. The number of methoxy groups -OCH3 is 2. The van der Waals surface area contributed by atoms with Gasteiger partial charge < -0.3 is 9.47 Å². The van der Waals surface area contributed by atoms with Crippen LogP contribution in [-0.4, -0.2) is 14.2 Å². The van der Waals surface area contributed by atoms with E-state index in [0.717, 1.165) is 53.6 Å². The number of hydrogen-bond acceptors (Lipinski definition) is 6. The predicted molar refractivity (Wildman–Crippen MR) is 149 cm³/mol. The van der Waals surface area contributed by atoms with Crippen LogP contribution in [0.5, 0.6) is 11.5 Å². The van der Waals surface area contributed by atoms with Crippen LogP contribution in [0.3, 0.4) is 0 Å². The van der Waals surface area contributed by atoms with Gasteiger partial charge in [-0.3, -0.25) is 0 Å². The molecule has 6 nitrogen and oxygen atoms in total. The molecule has 186 valence electrons. The van der Waals surface area contributed by atoms with Crippen LogP contribution in [0.2, 0.25) is 0 Å². The minimum absolute atomic E-state index is 0.778. The zero-order chi connectivity index (χ0) is 25.9. The summed E-state index contributed by atoms with van der Waals surface area (Å²) in [6.45, 7) is 0. The first-order chi connectivity index (χ1) is 18.7. The molecular weight excluding hydrogens is 512 g/mol. The molecule has 2 aromatic carbocycles. The summed E-state index contributed by atoms with van der Waals surface area (Å²) in [5.74, 6) is 1.61. The van der Waals surface area contributed by atoms with Gasteiger partial charge in [-0.15, -0.1) is 0 Å². The van der Waals surface area contributed by atoms with Gasteiger partial charge in [-0.25, -0.2) is 0 Å². The van der Waals surface area contributed by atoms with Crippen LogP contribution in [0.4, 0.5) is 0 Å². The van der Waals surface area contributed by atoms with E-state index < -0.39 is 0 Å². The quantitative estimate of drug-likeness (QED) is 0.230. The Labute approximate surface area is 228 Å². The first kappa shape index (κ1) is 24.0. The molecule has 4 aliphatic rings. The van der Waals surface area contributed by atoms with Crippen LogP contribution in [0.25, 0.3) is 32.5 Å². The van der Waals surface area contributed by atoms with Crippen molar-refractivity contribution in [2.45, 2.75) is 0 Å². The number of benzene rings is 2. The predicted octanol–water partition coefficient (Wildman–Crippen LogP) is 5.01. The van der Waals surface area contributed by atoms with Gasteiger partial charge in [-0.1, -0.05) is 36.4 Å². The van der Waals surface area contributed by atoms with Gasteiger partial charge >= 0.3 is 9.60 Å². The van der Waals surface area contributed by atoms with E-state index in [-0.39, 0.29) is 0 Å². The van der Waals surface area contributed by atoms with Crippen molar-refractivity contribution in [3.05, 3.63) is 119 Å². The third-order valence-corrected chi connectivity index (χ3v) is 8.13. The van der Waals surface area contributed by atoms with Crippen molar-refractivity contribution in [3.63, 3.8) is 0 Å². The largest absolute Gasteiger partial charge is 0.497 e. The summed E-state index contributed by atoms with van der Waals surface area (Å²) in [5.41, 5.74) is 4.10. The smallest absolute Gasteiger partial charge is 0.440 e. The molecule has 0 aromatic heterocycles. The van der Waals surface area contributed by atoms with Gasteiger partial charge in [0.1, 0.15) is 22.9 Å². The Morgan fingerprint density at radius 2 is 0.895 bits per heavy atom. The van der Waals surface area contributed by atoms with Crippen molar-refractivity contribution in [1.29, 1.82) is 0 Å². The fraction of sp³-hybridized carbons (Fsp3) is 0.0667. The van der Waals surface area contributed by atoms with Crippen LogP contribution in [-0.2, 0) is 0 Å². The molecule has 8 heteroatoms. The minimum atomic E-state index is 0.778. The van der Waals surface area contributed by atoms with Crippen LogP contribution >= 0.6 is 22.7 Å². The van der Waals surface area contributed by atoms with Crippen molar-refractivity contribution >= 4 is 22.7 Å². The topological polar surface area (TPSA) is 50.9 Å². The van der Waals surface area contributed by atoms with Gasteiger partial charge in [-0.05, 0) is 95.5 Å². The molecular formula is C30H24N4O2S2+2. The van der Waals surface area contributed by atoms with E-state index >= 15 is 0 Å². The second kappa shape index (κ2) is 10.5. The average Bonchev–Trinajstić information content (AvgIpc) is 3.25. The van der Waals surface area contributed by atoms with E-state index in [0.29, 0.717) is 0 Å². The molecule has 2 heterocycles. The standard InChI is InChI=1S/C30H24N4O2S2/c1-35-23-17-13-21(14-18-23)33-25-9-5-3-7-11-27(25)37-29(33)31-32-30-34(22-15-19-24(36-2)20-16-22)26-10-6-4-8-12-28(26)38-30/h3-20H,1-2H3/q+2/b31-29-,32-30+. The zero-order valence-corrected chi connectivity index (χ0v) is 22.4. The average molecular weight is 537 g/mol. The molecule has 0 amide bonds. The lowest BCUT2D eigenvalue weighted by Gasteiger charge is -2.01. The number of fused-ring (bicyclic) bond motifs is 2. The summed E-state index contributed by atoms with van der Waals surface area (Å²) in [6.07, 6.45) is 0. The van der Waals surface area contributed by atoms with Crippen LogP contribution in [0.15, 0.2) is 119 Å². The molecule has 0 saturated carbocycles. The molecule has 0 bridgehead atoms. The van der Waals surface area contributed by atoms with E-state index in [2.05, 4.69) is 33.4 Å². The lowest BCUT2D eigenvalue weighted by molar-refractivity contribution is -0.598. The molecule has 0 N–H and O–H groups in total. The van der Waals surface area contributed by atoms with Gasteiger partial charge in [0.15, 0.2) is 11.4 Å². The zero-order valence-electron chi connectivity index (χ0n) is 20.8. The highest BCUT2D eigenvalue weighted by Gasteiger charge is 2.25. The summed E-state index contributed by atoms with van der Waals surface area (Å²) in [7, 11) is 3.34. The van der Waals surface area contributed by atoms with Gasteiger partial charge in [0, 0.05) is 0 Å². The fourth-order valence-corrected chi connectivity index (χ4v) is 6.22. The van der Waals surface area contributed by atoms with E-state index in [1.165, 1.54) is 0 Å². The Morgan fingerprint density at radius 3 is 1.29 bits per heavy atom. The fourth-order valence-electron chi connectivity index (χ4n) is 4.26. The Kier molecular flexibility index (Phi) is 6.64. The van der Waals surface area contributed by atoms with E-state index in [1.807, 2.05) is 84.9 Å². The highest BCUT2D eigenvalue weighted by molar-refractivity contribution is 7.13. The van der Waals surface area contributed by atoms with Crippen molar-refractivity contribution in [2.24, 2.45) is 10.2 Å². The Hall–Kier alpha value is -4.40. The summed E-state index contributed by atoms with van der Waals surface area (Å²) in [5, 5.41) is 9.65. The van der Waals surface area contributed by atoms with Gasteiger partial charge in [0.2, 0.25) is 10.2 Å². The molecule has 2 aromatic rings. The maximum absolute atomic E-state index is 5.37. The van der Waals surface area contributed by atoms with Crippen molar-refractivity contribution in [3.8, 4) is 44.0 Å². The van der Waals surface area contributed by atoms with Gasteiger partial charge in [-0.2, -0.15) is 9.13 Å². The van der Waals surface area contributed by atoms with E-state index in [1.54, 1.807) is 36.9 Å². The van der Waals surface area contributed by atoms with Crippen LogP contribution < -0.4 is 28.2 Å². The second-order valence-corrected chi connectivity index (χ2v) is 10.4. The molecule has 6 rings (SSSR count). The maximum atomic E-state index is 5.37. The number of thiazole rings is 2. The Morgan fingerprint density at radius 1 is 0.500 bits per heavy atom. The molecule has 38 heavy (non-hydrogen) atoms. The Balaban J connectivity index is 1.60. The van der Waals surface area contributed by atoms with Crippen molar-refractivity contribution in [2.75, 3.05) is 14.2 Å². The van der Waals surface area contributed by atoms with Crippen LogP contribution in [0, 0.1) is 0 Å². The molecule has 0 saturated heterocycles. The Bertz CT molecular complexity index is 1660. The lowest BCUT2D eigenvalue weighted by Crippen LogP contribution is -2.46. The second-order valence-electron chi connectivity index (χ2n) is 8.36. The highest BCUT2D eigenvalue weighted by Crippen LogP contribution is 2.23. The molecule has 2 aliphatic carbocycles. The SMILES string of the molecule is COc1ccc(-[n+]2c3cccccc-3s/c2=N\N=c2\sc3cccccc-3[n+]2-c2ccc(OC)cc2)cc1. The molecule has 0 atom stereocenters. The lowest BCUT2D eigenvalue weighted by atomic mass is 10.2. The van der Waals surface area contributed by atoms with Crippen LogP contribution in [0.1, 0.15) is 0 Å². The molecule has 0 radical (unpaired) electrons. The first-order valence-electron chi connectivity index (χ1n) is 12.0. The monoisotopic (exact) mass is 536 g/mol. The molecule has 0 fully saturated rings. The van der Waals surface area contributed by atoms with Gasteiger partial charge in [0.25, 0.3) is 0 Å². The van der Waals surface area contributed by atoms with Crippen molar-refractivity contribution in [1.82, 2.24) is 0 Å². The van der Waals surface area contributed by atoms with Crippen molar-refractivity contribution < 1.29 is 18.6 Å². The highest BCUT2D eigenvalue weighted by atomic mass is 32.1.